The third-order valence-corrected chi connectivity index (χ3v) is 5.26. The van der Waals surface area contributed by atoms with Gasteiger partial charge in [0.05, 0.1) is 0 Å². The van der Waals surface area contributed by atoms with Crippen LogP contribution in [-0.4, -0.2) is 31.1 Å². The first kappa shape index (κ1) is 13.1. The summed E-state index contributed by atoms with van der Waals surface area (Å²) in [5.74, 6) is 0. The van der Waals surface area contributed by atoms with E-state index in [9.17, 15) is 0 Å². The molecule has 1 N–H and O–H groups in total. The summed E-state index contributed by atoms with van der Waals surface area (Å²) in [7, 11) is 0. The fraction of sp³-hybridized carbons (Fsp3) is 0.647. The molecule has 2 fully saturated rings. The van der Waals surface area contributed by atoms with Crippen LogP contribution in [0.1, 0.15) is 42.4 Å². The maximum atomic E-state index is 3.49. The maximum absolute atomic E-state index is 3.49. The van der Waals surface area contributed by atoms with E-state index in [4.69, 9.17) is 0 Å². The predicted octanol–water partition coefficient (Wildman–Crippen LogP) is 2.98. The van der Waals surface area contributed by atoms with Crippen LogP contribution < -0.4 is 5.32 Å². The van der Waals surface area contributed by atoms with Crippen LogP contribution in [0.15, 0.2) is 18.2 Å². The lowest BCUT2D eigenvalue weighted by atomic mass is 9.82. The summed E-state index contributed by atoms with van der Waals surface area (Å²) in [6.07, 6.45) is 5.46. The zero-order valence-corrected chi connectivity index (χ0v) is 12.3. The summed E-state index contributed by atoms with van der Waals surface area (Å²) >= 11 is 0. The Morgan fingerprint density at radius 2 is 1.74 bits per heavy atom. The Labute approximate surface area is 117 Å². The predicted molar refractivity (Wildman–Crippen MR) is 80.5 cm³/mol. The van der Waals surface area contributed by atoms with Gasteiger partial charge >= 0.3 is 0 Å². The van der Waals surface area contributed by atoms with E-state index in [2.05, 4.69) is 42.3 Å². The van der Waals surface area contributed by atoms with Crippen LogP contribution in [0, 0.1) is 13.8 Å². The Morgan fingerprint density at radius 3 is 2.42 bits per heavy atom. The fourth-order valence-electron chi connectivity index (χ4n) is 4.06. The minimum absolute atomic E-state index is 0.332. The van der Waals surface area contributed by atoms with E-state index >= 15 is 0 Å². The molecule has 0 radical (unpaired) electrons. The molecule has 19 heavy (non-hydrogen) atoms. The van der Waals surface area contributed by atoms with Crippen LogP contribution >= 0.6 is 0 Å². The summed E-state index contributed by atoms with van der Waals surface area (Å²) in [6.45, 7) is 9.26. The third kappa shape index (κ3) is 2.21. The first-order valence-electron chi connectivity index (χ1n) is 7.76. The molecule has 104 valence electrons. The van der Waals surface area contributed by atoms with E-state index in [-0.39, 0.29) is 0 Å². The van der Waals surface area contributed by atoms with E-state index in [1.165, 1.54) is 49.9 Å². The highest BCUT2D eigenvalue weighted by atomic mass is 15.2. The molecule has 0 amide bonds. The Kier molecular flexibility index (Phi) is 3.64. The molecule has 1 aromatic rings. The average Bonchev–Trinajstić information content (AvgIpc) is 2.93. The number of nitrogens with one attached hydrogen (secondary N) is 1. The van der Waals surface area contributed by atoms with Gasteiger partial charge in [-0.1, -0.05) is 31.0 Å². The standard InChI is InChI=1S/C17H26N2/c1-14-6-5-7-16(15(14)2)17(8-3-4-9-17)19-12-10-18-11-13-19/h5-7,18H,3-4,8-13H2,1-2H3. The Balaban J connectivity index is 2.02. The smallest absolute Gasteiger partial charge is 0.0464 e. The normalized spacial score (nSPS) is 23.7. The van der Waals surface area contributed by atoms with Gasteiger partial charge in [-0.05, 0) is 43.4 Å². The molecule has 1 saturated heterocycles. The second kappa shape index (κ2) is 5.26. The molecule has 1 aliphatic carbocycles. The lowest BCUT2D eigenvalue weighted by Gasteiger charge is -2.45. The molecule has 0 unspecified atom stereocenters. The van der Waals surface area contributed by atoms with E-state index in [1.807, 2.05) is 0 Å². The highest BCUT2D eigenvalue weighted by Crippen LogP contribution is 2.45. The first-order chi connectivity index (χ1) is 9.24. The SMILES string of the molecule is Cc1cccc(C2(N3CCNCC3)CCCC2)c1C. The van der Waals surface area contributed by atoms with Crippen molar-refractivity contribution < 1.29 is 0 Å². The molecule has 3 rings (SSSR count). The second-order valence-electron chi connectivity index (χ2n) is 6.22. The van der Waals surface area contributed by atoms with Crippen molar-refractivity contribution in [3.8, 4) is 0 Å². The van der Waals surface area contributed by atoms with Gasteiger partial charge in [-0.15, -0.1) is 0 Å². The van der Waals surface area contributed by atoms with E-state index < -0.39 is 0 Å². The molecule has 2 aliphatic rings. The van der Waals surface area contributed by atoms with Crippen LogP contribution in [0.5, 0.6) is 0 Å². The van der Waals surface area contributed by atoms with Crippen molar-refractivity contribution in [2.45, 2.75) is 45.1 Å². The fourth-order valence-corrected chi connectivity index (χ4v) is 4.06. The van der Waals surface area contributed by atoms with Crippen molar-refractivity contribution in [3.63, 3.8) is 0 Å². The third-order valence-electron chi connectivity index (χ3n) is 5.26. The second-order valence-corrected chi connectivity index (χ2v) is 6.22. The van der Waals surface area contributed by atoms with Gasteiger partial charge in [-0.3, -0.25) is 4.90 Å². The van der Waals surface area contributed by atoms with Gasteiger partial charge in [0.25, 0.3) is 0 Å². The summed E-state index contributed by atoms with van der Waals surface area (Å²) in [5, 5.41) is 3.49. The quantitative estimate of drug-likeness (QED) is 0.877. The maximum Gasteiger partial charge on any atom is 0.0464 e. The topological polar surface area (TPSA) is 15.3 Å². The van der Waals surface area contributed by atoms with Gasteiger partial charge in [-0.25, -0.2) is 0 Å². The van der Waals surface area contributed by atoms with Gasteiger partial charge in [0.1, 0.15) is 0 Å². The van der Waals surface area contributed by atoms with Crippen molar-refractivity contribution in [2.24, 2.45) is 0 Å². The molecular formula is C17H26N2. The summed E-state index contributed by atoms with van der Waals surface area (Å²) in [6, 6.07) is 6.88. The van der Waals surface area contributed by atoms with E-state index in [0.717, 1.165) is 13.1 Å². The van der Waals surface area contributed by atoms with Gasteiger partial charge in [0.15, 0.2) is 0 Å². The minimum atomic E-state index is 0.332. The number of hydrogen-bond acceptors (Lipinski definition) is 2. The molecule has 0 spiro atoms. The molecule has 2 heteroatoms. The minimum Gasteiger partial charge on any atom is -0.314 e. The van der Waals surface area contributed by atoms with Crippen molar-refractivity contribution in [1.82, 2.24) is 10.2 Å². The molecule has 1 aliphatic heterocycles. The number of rotatable bonds is 2. The molecule has 0 bridgehead atoms. The number of aryl methyl sites for hydroxylation is 1. The lowest BCUT2D eigenvalue weighted by molar-refractivity contribution is 0.0751. The first-order valence-corrected chi connectivity index (χ1v) is 7.76. The van der Waals surface area contributed by atoms with Gasteiger partial charge < -0.3 is 5.32 Å². The van der Waals surface area contributed by atoms with Crippen molar-refractivity contribution in [2.75, 3.05) is 26.2 Å². The van der Waals surface area contributed by atoms with Crippen molar-refractivity contribution in [1.29, 1.82) is 0 Å². The largest absolute Gasteiger partial charge is 0.314 e. The molecule has 0 atom stereocenters. The highest BCUT2D eigenvalue weighted by Gasteiger charge is 2.42. The summed E-state index contributed by atoms with van der Waals surface area (Å²) < 4.78 is 0. The van der Waals surface area contributed by atoms with Gasteiger partial charge in [-0.2, -0.15) is 0 Å². The van der Waals surface area contributed by atoms with E-state index in [1.54, 1.807) is 5.56 Å². The number of nitrogens with zero attached hydrogens (tertiary/aromatic N) is 1. The Morgan fingerprint density at radius 1 is 1.05 bits per heavy atom. The zero-order valence-electron chi connectivity index (χ0n) is 12.3. The summed E-state index contributed by atoms with van der Waals surface area (Å²) in [5.41, 5.74) is 4.90. The van der Waals surface area contributed by atoms with Crippen LogP contribution in [0.3, 0.4) is 0 Å². The molecule has 1 saturated carbocycles. The van der Waals surface area contributed by atoms with Gasteiger partial charge in [0, 0.05) is 31.7 Å². The highest BCUT2D eigenvalue weighted by molar-refractivity contribution is 5.39. The molecular weight excluding hydrogens is 232 g/mol. The molecule has 1 aromatic carbocycles. The van der Waals surface area contributed by atoms with E-state index in [0.29, 0.717) is 5.54 Å². The Bertz CT molecular complexity index is 441. The number of benzene rings is 1. The van der Waals surface area contributed by atoms with Gasteiger partial charge in [0.2, 0.25) is 0 Å². The van der Waals surface area contributed by atoms with Crippen LogP contribution in [0.25, 0.3) is 0 Å². The molecule has 2 nitrogen and oxygen atoms in total. The Hall–Kier alpha value is -0.860. The molecule has 0 aromatic heterocycles. The summed E-state index contributed by atoms with van der Waals surface area (Å²) in [4.78, 5) is 2.76. The zero-order chi connectivity index (χ0) is 13.3. The number of hydrogen-bond donors (Lipinski definition) is 1. The van der Waals surface area contributed by atoms with Crippen LogP contribution in [-0.2, 0) is 5.54 Å². The van der Waals surface area contributed by atoms with Crippen LogP contribution in [0.2, 0.25) is 0 Å². The molecule has 1 heterocycles. The van der Waals surface area contributed by atoms with Crippen molar-refractivity contribution in [3.05, 3.63) is 34.9 Å². The van der Waals surface area contributed by atoms with Crippen LogP contribution in [0.4, 0.5) is 0 Å². The van der Waals surface area contributed by atoms with Crippen molar-refractivity contribution >= 4 is 0 Å². The average molecular weight is 258 g/mol. The monoisotopic (exact) mass is 258 g/mol. The lowest BCUT2D eigenvalue weighted by Crippen LogP contribution is -2.53. The number of piperazine rings is 1.